The summed E-state index contributed by atoms with van der Waals surface area (Å²) in [4.78, 5) is 0. The van der Waals surface area contributed by atoms with Gasteiger partial charge in [-0.3, -0.25) is 0 Å². The third-order valence-corrected chi connectivity index (χ3v) is 1.15. The zero-order valence-electron chi connectivity index (χ0n) is 6.66. The first-order valence-electron chi connectivity index (χ1n) is 3.24. The molecule has 0 spiro atoms. The van der Waals surface area contributed by atoms with Gasteiger partial charge in [-0.2, -0.15) is 0 Å². The monoisotopic (exact) mass is 146 g/mol. The second-order valence-corrected chi connectivity index (χ2v) is 4.15. The van der Waals surface area contributed by atoms with Crippen molar-refractivity contribution in [3.63, 3.8) is 0 Å². The van der Waals surface area contributed by atoms with Crippen LogP contribution in [0.2, 0.25) is 0 Å². The third kappa shape index (κ3) is 8.03. The van der Waals surface area contributed by atoms with E-state index in [-0.39, 0.29) is 0 Å². The van der Waals surface area contributed by atoms with Gasteiger partial charge in [0.25, 0.3) is 0 Å². The molecule has 0 aliphatic carbocycles. The van der Waals surface area contributed by atoms with Gasteiger partial charge in [-0.05, 0) is 18.8 Å². The van der Waals surface area contributed by atoms with Crippen molar-refractivity contribution < 1.29 is 0 Å². The second-order valence-electron chi connectivity index (χ2n) is 3.56. The molecule has 0 aliphatic rings. The first kappa shape index (κ1) is 9.03. The van der Waals surface area contributed by atoms with Crippen molar-refractivity contribution in [3.8, 4) is 0 Å². The van der Waals surface area contributed by atoms with E-state index in [0.717, 1.165) is 11.5 Å². The summed E-state index contributed by atoms with van der Waals surface area (Å²) in [5.41, 5.74) is 0.371. The first-order valence-corrected chi connectivity index (χ1v) is 3.62. The molecule has 0 amide bonds. The summed E-state index contributed by atoms with van der Waals surface area (Å²) in [7, 11) is 0. The fourth-order valence-corrected chi connectivity index (χ4v) is 0.524. The molecule has 9 heavy (non-hydrogen) atoms. The molecule has 0 radical (unpaired) electrons. The normalized spacial score (nSPS) is 14.1. The molecule has 0 heterocycles. The Kier molecular flexibility index (Phi) is 3.27. The minimum atomic E-state index is 0.371. The Morgan fingerprint density at radius 2 is 1.89 bits per heavy atom. The minimum Gasteiger partial charge on any atom is -0.0898 e. The van der Waals surface area contributed by atoms with E-state index in [1.807, 2.05) is 6.92 Å². The van der Waals surface area contributed by atoms with Gasteiger partial charge in [0, 0.05) is 5.03 Å². The van der Waals surface area contributed by atoms with Crippen LogP contribution in [0.5, 0.6) is 0 Å². The average molecular weight is 147 g/mol. The Morgan fingerprint density at radius 3 is 2.00 bits per heavy atom. The maximum absolute atomic E-state index is 5.64. The van der Waals surface area contributed by atoms with Crippen LogP contribution in [0, 0.1) is 5.41 Å². The number of rotatable bonds is 1. The lowest BCUT2D eigenvalue weighted by molar-refractivity contribution is 0.420. The lowest BCUT2D eigenvalue weighted by Crippen LogP contribution is -2.01. The van der Waals surface area contributed by atoms with Crippen molar-refractivity contribution in [2.45, 2.75) is 34.1 Å². The molecule has 1 heteroatoms. The van der Waals surface area contributed by atoms with Gasteiger partial charge in [-0.1, -0.05) is 38.4 Å². The fraction of sp³-hybridized carbons (Fsp3) is 0.750. The summed E-state index contributed by atoms with van der Waals surface area (Å²) < 4.78 is 0. The predicted molar refractivity (Wildman–Crippen MR) is 43.7 cm³/mol. The zero-order valence-corrected chi connectivity index (χ0v) is 7.42. The molecule has 0 aromatic heterocycles. The van der Waals surface area contributed by atoms with E-state index in [2.05, 4.69) is 26.8 Å². The number of hydrogen-bond donors (Lipinski definition) is 0. The number of allylic oxidation sites excluding steroid dienone is 2. The molecule has 0 bridgehead atoms. The zero-order chi connectivity index (χ0) is 7.49. The summed E-state index contributed by atoms with van der Waals surface area (Å²) in [6.45, 7) is 8.50. The molecule has 0 aromatic rings. The minimum absolute atomic E-state index is 0.371. The Bertz CT molecular complexity index is 102. The van der Waals surface area contributed by atoms with Gasteiger partial charge in [0.1, 0.15) is 0 Å². The number of halogens is 1. The van der Waals surface area contributed by atoms with Crippen LogP contribution in [0.15, 0.2) is 11.1 Å². The van der Waals surface area contributed by atoms with Crippen LogP contribution in [-0.4, -0.2) is 0 Å². The van der Waals surface area contributed by atoms with Crippen LogP contribution in [0.1, 0.15) is 34.1 Å². The molecule has 54 valence electrons. The molecule has 0 unspecified atom stereocenters. The molecule has 0 rings (SSSR count). The van der Waals surface area contributed by atoms with Gasteiger partial charge in [0.15, 0.2) is 0 Å². The van der Waals surface area contributed by atoms with Crippen molar-refractivity contribution in [3.05, 3.63) is 11.1 Å². The van der Waals surface area contributed by atoms with Gasteiger partial charge in [0.05, 0.1) is 0 Å². The smallest absolute Gasteiger partial charge is 0.0110 e. The molecule has 0 aliphatic heterocycles. The van der Waals surface area contributed by atoms with Crippen molar-refractivity contribution in [1.82, 2.24) is 0 Å². The SMILES string of the molecule is C/C(Cl)=C\CC(C)(C)C. The van der Waals surface area contributed by atoms with Crippen molar-refractivity contribution in [2.24, 2.45) is 5.41 Å². The van der Waals surface area contributed by atoms with E-state index in [4.69, 9.17) is 11.6 Å². The maximum Gasteiger partial charge on any atom is 0.0110 e. The van der Waals surface area contributed by atoms with Crippen molar-refractivity contribution in [2.75, 3.05) is 0 Å². The van der Waals surface area contributed by atoms with E-state index < -0.39 is 0 Å². The molecule has 0 aromatic carbocycles. The van der Waals surface area contributed by atoms with Crippen LogP contribution in [0.4, 0.5) is 0 Å². The highest BCUT2D eigenvalue weighted by molar-refractivity contribution is 6.29. The molecule has 0 nitrogen and oxygen atoms in total. The molecular formula is C8H15Cl. The van der Waals surface area contributed by atoms with Crippen molar-refractivity contribution >= 4 is 11.6 Å². The van der Waals surface area contributed by atoms with Crippen LogP contribution in [0.3, 0.4) is 0 Å². The van der Waals surface area contributed by atoms with Gasteiger partial charge in [-0.15, -0.1) is 0 Å². The highest BCUT2D eigenvalue weighted by Crippen LogP contribution is 2.20. The Hall–Kier alpha value is 0.0300. The summed E-state index contributed by atoms with van der Waals surface area (Å²) in [5.74, 6) is 0. The highest BCUT2D eigenvalue weighted by atomic mass is 35.5. The van der Waals surface area contributed by atoms with Gasteiger partial charge >= 0.3 is 0 Å². The van der Waals surface area contributed by atoms with Crippen LogP contribution < -0.4 is 0 Å². The maximum atomic E-state index is 5.64. The van der Waals surface area contributed by atoms with Gasteiger partial charge < -0.3 is 0 Å². The first-order chi connectivity index (χ1) is 3.92. The summed E-state index contributed by atoms with van der Waals surface area (Å²) >= 11 is 5.64. The number of hydrogen-bond acceptors (Lipinski definition) is 0. The summed E-state index contributed by atoms with van der Waals surface area (Å²) in [5, 5.41) is 0.893. The topological polar surface area (TPSA) is 0 Å². The standard InChI is InChI=1S/C8H15Cl/c1-7(9)5-6-8(2,3)4/h5H,6H2,1-4H3/b7-5+. The van der Waals surface area contributed by atoms with E-state index in [1.54, 1.807) is 0 Å². The average Bonchev–Trinajstić information content (AvgIpc) is 1.59. The molecule has 0 atom stereocenters. The van der Waals surface area contributed by atoms with E-state index in [1.165, 1.54) is 0 Å². The quantitative estimate of drug-likeness (QED) is 0.531. The van der Waals surface area contributed by atoms with E-state index >= 15 is 0 Å². The molecule has 0 saturated heterocycles. The highest BCUT2D eigenvalue weighted by Gasteiger charge is 2.06. The van der Waals surface area contributed by atoms with Crippen molar-refractivity contribution in [1.29, 1.82) is 0 Å². The second kappa shape index (κ2) is 3.26. The summed E-state index contributed by atoms with van der Waals surface area (Å²) in [6, 6.07) is 0. The van der Waals surface area contributed by atoms with Crippen LogP contribution >= 0.6 is 11.6 Å². The van der Waals surface area contributed by atoms with Gasteiger partial charge in [-0.25, -0.2) is 0 Å². The molecular weight excluding hydrogens is 132 g/mol. The Balaban J connectivity index is 3.64. The van der Waals surface area contributed by atoms with Crippen LogP contribution in [0.25, 0.3) is 0 Å². The predicted octanol–water partition coefficient (Wildman–Crippen LogP) is 3.57. The van der Waals surface area contributed by atoms with Gasteiger partial charge in [0.2, 0.25) is 0 Å². The fourth-order valence-electron chi connectivity index (χ4n) is 0.447. The van der Waals surface area contributed by atoms with E-state index in [0.29, 0.717) is 5.41 Å². The lowest BCUT2D eigenvalue weighted by atomic mass is 9.92. The summed E-state index contributed by atoms with van der Waals surface area (Å²) in [6.07, 6.45) is 3.11. The van der Waals surface area contributed by atoms with E-state index in [9.17, 15) is 0 Å². The third-order valence-electron chi connectivity index (χ3n) is 0.996. The molecule has 0 N–H and O–H groups in total. The Morgan fingerprint density at radius 1 is 1.44 bits per heavy atom. The van der Waals surface area contributed by atoms with Crippen LogP contribution in [-0.2, 0) is 0 Å². The molecule has 0 fully saturated rings. The Labute approximate surface area is 62.9 Å². The molecule has 0 saturated carbocycles. The lowest BCUT2D eigenvalue weighted by Gasteiger charge is -2.14. The largest absolute Gasteiger partial charge is 0.0898 e.